The lowest BCUT2D eigenvalue weighted by atomic mass is 9.77. The van der Waals surface area contributed by atoms with Gasteiger partial charge in [-0.3, -0.25) is 0 Å². The summed E-state index contributed by atoms with van der Waals surface area (Å²) in [6.07, 6.45) is 2.19. The van der Waals surface area contributed by atoms with Crippen molar-refractivity contribution in [1.82, 2.24) is 0 Å². The molecule has 0 aliphatic carbocycles. The molecule has 1 atom stereocenters. The first-order chi connectivity index (χ1) is 21.4. The number of aryl methyl sites for hydroxylation is 2. The Bertz CT molecular complexity index is 1880. The van der Waals surface area contributed by atoms with E-state index < -0.39 is 5.60 Å². The van der Waals surface area contributed by atoms with E-state index in [0.29, 0.717) is 22.1 Å². The largest absolute Gasteiger partial charge is 0.456 e. The van der Waals surface area contributed by atoms with E-state index in [2.05, 4.69) is 60.5 Å². The summed E-state index contributed by atoms with van der Waals surface area (Å²) in [4.78, 5) is 15.7. The fraction of sp³-hybridized carbons (Fsp3) is 0.184. The Labute approximate surface area is 263 Å². The number of fused-ring (bicyclic) bond motifs is 6. The summed E-state index contributed by atoms with van der Waals surface area (Å²) in [5.41, 5.74) is 8.02. The van der Waals surface area contributed by atoms with Crippen LogP contribution < -0.4 is 15.0 Å². The van der Waals surface area contributed by atoms with Crippen LogP contribution >= 0.6 is 11.6 Å². The Kier molecular flexibility index (Phi) is 7.06. The highest BCUT2D eigenvalue weighted by Crippen LogP contribution is 2.57. The van der Waals surface area contributed by atoms with Gasteiger partial charge in [-0.05, 0) is 98.1 Å². The summed E-state index contributed by atoms with van der Waals surface area (Å²) >= 11 is 6.13. The first-order valence-electron chi connectivity index (χ1n) is 15.1. The maximum absolute atomic E-state index is 13.4. The number of rotatable bonds is 7. The molecular formula is C38H33ClN2O3. The zero-order chi connectivity index (χ0) is 30.4. The van der Waals surface area contributed by atoms with Crippen molar-refractivity contribution < 1.29 is 14.3 Å². The molecule has 5 aromatic carbocycles. The van der Waals surface area contributed by atoms with Crippen LogP contribution in [-0.2, 0) is 16.8 Å². The zero-order valence-electron chi connectivity index (χ0n) is 25.0. The van der Waals surface area contributed by atoms with Crippen molar-refractivity contribution in [2.24, 2.45) is 0 Å². The number of carbonyl (C=O) groups is 1. The molecule has 5 nitrogen and oxygen atoms in total. The van der Waals surface area contributed by atoms with Gasteiger partial charge in [0.25, 0.3) is 0 Å². The standard InChI is InChI=1S/C38H33ClN2O3/c1-4-8-25-11-17-28(18-12-25)41(5-2)29-19-20-32-36(22-29)43-35-21-24(3)34(40-27-15-13-26(39)14-16-27)23-33(35)38(32)31-10-7-6-9-30(31)37(42)44-38/h6-7,9-23,40H,4-5,8H2,1-3H3. The van der Waals surface area contributed by atoms with Crippen LogP contribution in [0.15, 0.2) is 103 Å². The topological polar surface area (TPSA) is 50.8 Å². The fourth-order valence-electron chi connectivity index (χ4n) is 6.44. The highest BCUT2D eigenvalue weighted by atomic mass is 35.5. The van der Waals surface area contributed by atoms with E-state index in [1.807, 2.05) is 73.7 Å². The van der Waals surface area contributed by atoms with E-state index >= 15 is 0 Å². The van der Waals surface area contributed by atoms with E-state index in [0.717, 1.165) is 64.4 Å². The molecule has 7 rings (SSSR count). The van der Waals surface area contributed by atoms with Gasteiger partial charge < -0.3 is 19.7 Å². The quantitative estimate of drug-likeness (QED) is 0.188. The molecule has 6 heteroatoms. The lowest BCUT2D eigenvalue weighted by molar-refractivity contribution is 0.0224. The molecule has 5 aromatic rings. The Morgan fingerprint density at radius 2 is 1.52 bits per heavy atom. The SMILES string of the molecule is CCCc1ccc(N(CC)c2ccc3c(c2)Oc2cc(C)c(Nc4ccc(Cl)cc4)cc2C32OC(=O)c3ccccc32)cc1. The molecule has 2 aliphatic rings. The number of benzene rings is 5. The van der Waals surface area contributed by atoms with Crippen molar-refractivity contribution in [3.05, 3.63) is 142 Å². The molecule has 220 valence electrons. The molecule has 2 heterocycles. The van der Waals surface area contributed by atoms with Crippen molar-refractivity contribution in [3.8, 4) is 11.5 Å². The molecule has 0 radical (unpaired) electrons. The second-order valence-electron chi connectivity index (χ2n) is 11.4. The summed E-state index contributed by atoms with van der Waals surface area (Å²) in [7, 11) is 0. The highest BCUT2D eigenvalue weighted by Gasteiger charge is 2.53. The molecule has 2 aliphatic heterocycles. The second-order valence-corrected chi connectivity index (χ2v) is 11.8. The highest BCUT2D eigenvalue weighted by molar-refractivity contribution is 6.30. The fourth-order valence-corrected chi connectivity index (χ4v) is 6.57. The molecule has 0 bridgehead atoms. The molecule has 44 heavy (non-hydrogen) atoms. The maximum atomic E-state index is 13.4. The first kappa shape index (κ1) is 28.1. The minimum atomic E-state index is -1.15. The van der Waals surface area contributed by atoms with Gasteiger partial charge in [-0.1, -0.05) is 55.3 Å². The number of hydrogen-bond acceptors (Lipinski definition) is 5. The number of nitrogens with zero attached hydrogens (tertiary/aromatic N) is 1. The number of ether oxygens (including phenoxy) is 2. The molecule has 1 N–H and O–H groups in total. The summed E-state index contributed by atoms with van der Waals surface area (Å²) in [6.45, 7) is 7.16. The number of hydrogen-bond donors (Lipinski definition) is 1. The van der Waals surface area contributed by atoms with Crippen molar-refractivity contribution in [1.29, 1.82) is 0 Å². The Balaban J connectivity index is 1.36. The number of nitrogens with one attached hydrogen (secondary N) is 1. The predicted octanol–water partition coefficient (Wildman–Crippen LogP) is 10.1. The third kappa shape index (κ3) is 4.59. The van der Waals surface area contributed by atoms with Crippen molar-refractivity contribution in [2.45, 2.75) is 39.2 Å². The summed E-state index contributed by atoms with van der Waals surface area (Å²) in [6, 6.07) is 34.2. The minimum Gasteiger partial charge on any atom is -0.456 e. The van der Waals surface area contributed by atoms with Crippen molar-refractivity contribution >= 4 is 40.3 Å². The number of halogens is 1. The van der Waals surface area contributed by atoms with Gasteiger partial charge in [-0.25, -0.2) is 4.79 Å². The van der Waals surface area contributed by atoms with Crippen LogP contribution in [0.4, 0.5) is 22.7 Å². The van der Waals surface area contributed by atoms with Crippen molar-refractivity contribution in [3.63, 3.8) is 0 Å². The number of esters is 1. The van der Waals surface area contributed by atoms with Gasteiger partial charge in [0.05, 0.1) is 5.56 Å². The molecule has 1 unspecified atom stereocenters. The van der Waals surface area contributed by atoms with Crippen LogP contribution in [0.25, 0.3) is 0 Å². The summed E-state index contributed by atoms with van der Waals surface area (Å²) < 4.78 is 13.1. The van der Waals surface area contributed by atoms with Crippen LogP contribution in [0, 0.1) is 6.92 Å². The molecule has 0 fully saturated rings. The van der Waals surface area contributed by atoms with Gasteiger partial charge in [0.15, 0.2) is 5.60 Å². The zero-order valence-corrected chi connectivity index (χ0v) is 25.7. The lowest BCUT2D eigenvalue weighted by Gasteiger charge is -2.38. The average Bonchev–Trinajstić information content (AvgIpc) is 3.33. The van der Waals surface area contributed by atoms with E-state index in [1.54, 1.807) is 0 Å². The Morgan fingerprint density at radius 3 is 2.27 bits per heavy atom. The van der Waals surface area contributed by atoms with Crippen LogP contribution in [0.1, 0.15) is 58.4 Å². The average molecular weight is 601 g/mol. The van der Waals surface area contributed by atoms with Crippen molar-refractivity contribution in [2.75, 3.05) is 16.8 Å². The second kappa shape index (κ2) is 11.1. The van der Waals surface area contributed by atoms with Crippen LogP contribution in [0.5, 0.6) is 11.5 Å². The van der Waals surface area contributed by atoms with E-state index in [1.165, 1.54) is 5.56 Å². The molecular weight excluding hydrogens is 568 g/mol. The Morgan fingerprint density at radius 1 is 0.795 bits per heavy atom. The third-order valence-corrected chi connectivity index (χ3v) is 8.83. The number of carbonyl (C=O) groups excluding carboxylic acids is 1. The third-order valence-electron chi connectivity index (χ3n) is 8.58. The van der Waals surface area contributed by atoms with Gasteiger partial charge >= 0.3 is 5.97 Å². The van der Waals surface area contributed by atoms with Crippen LogP contribution in [0.3, 0.4) is 0 Å². The van der Waals surface area contributed by atoms with Gasteiger partial charge in [0.1, 0.15) is 11.5 Å². The normalized spacial score (nSPS) is 16.0. The molecule has 0 saturated heterocycles. The molecule has 0 amide bonds. The van der Waals surface area contributed by atoms with Gasteiger partial charge in [0, 0.05) is 57.1 Å². The first-order valence-corrected chi connectivity index (χ1v) is 15.5. The van der Waals surface area contributed by atoms with Crippen LogP contribution in [-0.4, -0.2) is 12.5 Å². The predicted molar refractivity (Wildman–Crippen MR) is 177 cm³/mol. The minimum absolute atomic E-state index is 0.349. The van der Waals surface area contributed by atoms with E-state index in [9.17, 15) is 4.79 Å². The molecule has 1 spiro atoms. The Hall–Kier alpha value is -4.74. The maximum Gasteiger partial charge on any atom is 0.340 e. The monoisotopic (exact) mass is 600 g/mol. The summed E-state index contributed by atoms with van der Waals surface area (Å²) in [5.74, 6) is 0.974. The van der Waals surface area contributed by atoms with Crippen LogP contribution in [0.2, 0.25) is 5.02 Å². The van der Waals surface area contributed by atoms with E-state index in [-0.39, 0.29) is 5.97 Å². The molecule has 0 aromatic heterocycles. The van der Waals surface area contributed by atoms with Gasteiger partial charge in [0.2, 0.25) is 0 Å². The number of anilines is 4. The van der Waals surface area contributed by atoms with Gasteiger partial charge in [-0.2, -0.15) is 0 Å². The van der Waals surface area contributed by atoms with Gasteiger partial charge in [-0.15, -0.1) is 0 Å². The molecule has 0 saturated carbocycles. The van der Waals surface area contributed by atoms with E-state index in [4.69, 9.17) is 21.1 Å². The summed E-state index contributed by atoms with van der Waals surface area (Å²) in [5, 5.41) is 4.19. The smallest absolute Gasteiger partial charge is 0.340 e. The lowest BCUT2D eigenvalue weighted by Crippen LogP contribution is -2.33.